The van der Waals surface area contributed by atoms with Crippen molar-refractivity contribution in [2.75, 3.05) is 26.2 Å². The molecule has 2 aromatic carbocycles. The molecule has 218 valence electrons. The molecule has 0 unspecified atom stereocenters. The van der Waals surface area contributed by atoms with E-state index in [1.54, 1.807) is 29.2 Å². The smallest absolute Gasteiger partial charge is 0.300 e. The number of fused-ring (bicyclic) bond motifs is 7. The number of benzene rings is 2. The van der Waals surface area contributed by atoms with E-state index in [1.165, 1.54) is 0 Å². The fraction of sp³-hybridized carbons (Fsp3) is 0.419. The average molecular weight is 563 g/mol. The monoisotopic (exact) mass is 562 g/mol. The zero-order chi connectivity index (χ0) is 29.5. The third-order valence-corrected chi connectivity index (χ3v) is 7.82. The summed E-state index contributed by atoms with van der Waals surface area (Å²) in [5, 5.41) is 23.8. The van der Waals surface area contributed by atoms with Crippen LogP contribution in [0.2, 0.25) is 0 Å². The van der Waals surface area contributed by atoms with Crippen molar-refractivity contribution in [3.8, 4) is 16.9 Å². The average Bonchev–Trinajstić information content (AvgIpc) is 3.53. The SMILES string of the molecule is CC(=O)O.N[C@@H]1[C@H](C(=O)N2CCCCNC(=O)c3cccc(c3)-c3cc(ccc3O)CCNC(=O)C2)[C@@H]2C=C[C@H]1C2. The number of allylic oxidation sites excluding steroid dienone is 1. The van der Waals surface area contributed by atoms with E-state index in [9.17, 15) is 19.5 Å². The van der Waals surface area contributed by atoms with Gasteiger partial charge < -0.3 is 31.5 Å². The Hall–Kier alpha value is -4.18. The molecule has 1 aliphatic heterocycles. The van der Waals surface area contributed by atoms with Crippen LogP contribution in [-0.2, 0) is 20.8 Å². The van der Waals surface area contributed by atoms with E-state index in [0.29, 0.717) is 50.0 Å². The maximum absolute atomic E-state index is 13.5. The Morgan fingerprint density at radius 3 is 2.44 bits per heavy atom. The second-order valence-corrected chi connectivity index (χ2v) is 10.8. The van der Waals surface area contributed by atoms with Crippen LogP contribution in [0.4, 0.5) is 0 Å². The summed E-state index contributed by atoms with van der Waals surface area (Å²) in [4.78, 5) is 49.8. The first kappa shape index (κ1) is 29.8. The van der Waals surface area contributed by atoms with Gasteiger partial charge in [0.2, 0.25) is 11.8 Å². The van der Waals surface area contributed by atoms with Crippen molar-refractivity contribution in [3.63, 3.8) is 0 Å². The first-order valence-electron chi connectivity index (χ1n) is 14.0. The van der Waals surface area contributed by atoms with Crippen molar-refractivity contribution in [3.05, 3.63) is 65.7 Å². The number of amides is 3. The minimum Gasteiger partial charge on any atom is -0.507 e. The van der Waals surface area contributed by atoms with E-state index < -0.39 is 5.97 Å². The van der Waals surface area contributed by atoms with E-state index in [1.807, 2.05) is 18.2 Å². The van der Waals surface area contributed by atoms with E-state index in [-0.39, 0.29) is 53.8 Å². The number of rotatable bonds is 1. The number of carbonyl (C=O) groups is 4. The molecule has 0 spiro atoms. The summed E-state index contributed by atoms with van der Waals surface area (Å²) >= 11 is 0. The number of hydrogen-bond acceptors (Lipinski definition) is 6. The number of carbonyl (C=O) groups excluding carboxylic acids is 3. The molecule has 10 nitrogen and oxygen atoms in total. The van der Waals surface area contributed by atoms with Gasteiger partial charge in [-0.1, -0.05) is 30.4 Å². The first-order valence-corrected chi connectivity index (χ1v) is 14.0. The van der Waals surface area contributed by atoms with Crippen LogP contribution in [0.3, 0.4) is 0 Å². The lowest BCUT2D eigenvalue weighted by Gasteiger charge is -2.30. The lowest BCUT2D eigenvalue weighted by atomic mass is 9.88. The highest BCUT2D eigenvalue weighted by Crippen LogP contribution is 2.43. The number of phenols is 1. The van der Waals surface area contributed by atoms with Crippen LogP contribution in [0.15, 0.2) is 54.6 Å². The minimum absolute atomic E-state index is 0.0130. The van der Waals surface area contributed by atoms with Crippen molar-refractivity contribution in [1.82, 2.24) is 15.5 Å². The quantitative estimate of drug-likeness (QED) is 0.333. The number of carboxylic acid groups (broad SMARTS) is 1. The molecule has 10 heteroatoms. The third-order valence-electron chi connectivity index (χ3n) is 7.82. The molecule has 1 saturated carbocycles. The van der Waals surface area contributed by atoms with Gasteiger partial charge in [0.1, 0.15) is 5.75 Å². The molecule has 4 atom stereocenters. The van der Waals surface area contributed by atoms with Gasteiger partial charge in [-0.25, -0.2) is 0 Å². The summed E-state index contributed by atoms with van der Waals surface area (Å²) in [6.45, 7) is 2.36. The molecule has 3 aliphatic rings. The second kappa shape index (κ2) is 13.5. The lowest BCUT2D eigenvalue weighted by Crippen LogP contribution is -2.49. The van der Waals surface area contributed by atoms with Gasteiger partial charge in [-0.3, -0.25) is 19.2 Å². The number of aliphatic carboxylic acids is 1. The standard InChI is InChI=1S/C29H34N4O4.C2H4O2/c30-27-21-8-7-20(16-21)26(27)29(37)33-13-2-1-11-32-28(36)22-5-3-4-19(15-22)23-14-18(6-9-24(23)34)10-12-31-25(35)17-33;1-2(3)4/h3-9,14-15,20-21,26-27,34H,1-2,10-13,16-17,30H2,(H,31,35)(H,32,36);1H3,(H,3,4)/t20-,21+,26-,27+;/m1./s1. The number of phenolic OH excluding ortho intramolecular Hbond substituents is 1. The lowest BCUT2D eigenvalue weighted by molar-refractivity contribution is -0.140. The Bertz CT molecular complexity index is 1320. The third kappa shape index (κ3) is 7.52. The predicted octanol–water partition coefficient (Wildman–Crippen LogP) is 2.31. The van der Waals surface area contributed by atoms with Gasteiger partial charge in [-0.2, -0.15) is 0 Å². The molecule has 0 saturated heterocycles. The molecule has 2 aromatic rings. The molecular formula is C31H38N4O6. The Labute approximate surface area is 239 Å². The maximum Gasteiger partial charge on any atom is 0.300 e. The normalized spacial score (nSPS) is 24.3. The van der Waals surface area contributed by atoms with Crippen LogP contribution in [0.25, 0.3) is 11.1 Å². The Morgan fingerprint density at radius 1 is 0.976 bits per heavy atom. The van der Waals surface area contributed by atoms with E-state index in [0.717, 1.165) is 24.5 Å². The van der Waals surface area contributed by atoms with Crippen LogP contribution in [0.5, 0.6) is 5.75 Å². The first-order chi connectivity index (χ1) is 19.6. The number of carboxylic acids is 1. The molecule has 3 amide bonds. The molecule has 1 fully saturated rings. The molecular weight excluding hydrogens is 524 g/mol. The number of hydrogen-bond donors (Lipinski definition) is 5. The van der Waals surface area contributed by atoms with Crippen LogP contribution >= 0.6 is 0 Å². The number of nitrogens with one attached hydrogen (secondary N) is 2. The zero-order valence-corrected chi connectivity index (χ0v) is 23.2. The highest BCUT2D eigenvalue weighted by molar-refractivity contribution is 5.95. The zero-order valence-electron chi connectivity index (χ0n) is 23.2. The van der Waals surface area contributed by atoms with Gasteiger partial charge in [-0.05, 0) is 72.9 Å². The van der Waals surface area contributed by atoms with Gasteiger partial charge in [0, 0.05) is 43.7 Å². The van der Waals surface area contributed by atoms with E-state index >= 15 is 0 Å². The van der Waals surface area contributed by atoms with Crippen LogP contribution in [-0.4, -0.2) is 71.0 Å². The predicted molar refractivity (Wildman–Crippen MR) is 154 cm³/mol. The van der Waals surface area contributed by atoms with Crippen LogP contribution in [0, 0.1) is 17.8 Å². The Balaban J connectivity index is 0.000000909. The summed E-state index contributed by atoms with van der Waals surface area (Å²) in [6.07, 6.45) is 6.99. The van der Waals surface area contributed by atoms with E-state index in [4.69, 9.17) is 15.6 Å². The van der Waals surface area contributed by atoms with Gasteiger partial charge in [-0.15, -0.1) is 0 Å². The van der Waals surface area contributed by atoms with Crippen LogP contribution < -0.4 is 16.4 Å². The van der Waals surface area contributed by atoms with Gasteiger partial charge in [0.15, 0.2) is 0 Å². The topological polar surface area (TPSA) is 162 Å². The summed E-state index contributed by atoms with van der Waals surface area (Å²) in [5.41, 5.74) is 9.24. The molecule has 0 aromatic heterocycles. The summed E-state index contributed by atoms with van der Waals surface area (Å²) in [6, 6.07) is 12.3. The van der Waals surface area contributed by atoms with Gasteiger partial charge in [0.25, 0.3) is 11.9 Å². The largest absolute Gasteiger partial charge is 0.507 e. The summed E-state index contributed by atoms with van der Waals surface area (Å²) in [7, 11) is 0. The Kier molecular flexibility index (Phi) is 9.78. The fourth-order valence-corrected chi connectivity index (χ4v) is 5.79. The van der Waals surface area contributed by atoms with Crippen molar-refractivity contribution >= 4 is 23.7 Å². The molecule has 2 aliphatic carbocycles. The van der Waals surface area contributed by atoms with Crippen molar-refractivity contribution in [2.45, 2.75) is 38.6 Å². The van der Waals surface area contributed by atoms with Gasteiger partial charge >= 0.3 is 0 Å². The van der Waals surface area contributed by atoms with E-state index in [2.05, 4.69) is 22.8 Å². The van der Waals surface area contributed by atoms with Crippen molar-refractivity contribution in [2.24, 2.45) is 23.5 Å². The van der Waals surface area contributed by atoms with Crippen molar-refractivity contribution < 1.29 is 29.4 Å². The number of nitrogens with two attached hydrogens (primary N) is 1. The molecule has 1 heterocycles. The highest BCUT2D eigenvalue weighted by Gasteiger charge is 2.47. The molecule has 6 N–H and O–H groups in total. The molecule has 5 rings (SSSR count). The minimum atomic E-state index is -0.833. The van der Waals surface area contributed by atoms with Gasteiger partial charge in [0.05, 0.1) is 12.5 Å². The highest BCUT2D eigenvalue weighted by atomic mass is 16.4. The number of nitrogens with zero attached hydrogens (tertiary/aromatic N) is 1. The van der Waals surface area contributed by atoms with Crippen LogP contribution in [0.1, 0.15) is 42.1 Å². The second-order valence-electron chi connectivity index (χ2n) is 10.8. The summed E-state index contributed by atoms with van der Waals surface area (Å²) in [5.74, 6) is -1.07. The van der Waals surface area contributed by atoms with Crippen molar-refractivity contribution in [1.29, 1.82) is 0 Å². The molecule has 0 radical (unpaired) electrons. The fourth-order valence-electron chi connectivity index (χ4n) is 5.79. The summed E-state index contributed by atoms with van der Waals surface area (Å²) < 4.78 is 0. The maximum atomic E-state index is 13.5. The Morgan fingerprint density at radius 2 is 1.71 bits per heavy atom. The molecule has 41 heavy (non-hydrogen) atoms. The molecule has 6 bridgehead atoms. The number of aromatic hydroxyl groups is 1.